The molecule has 0 spiro atoms. The first-order valence-electron chi connectivity index (χ1n) is 3.71. The maximum atomic E-state index is 9.35. The van der Waals surface area contributed by atoms with Gasteiger partial charge in [0, 0.05) is 0 Å². The minimum absolute atomic E-state index is 0.435. The predicted octanol–water partition coefficient (Wildman–Crippen LogP) is 1.80. The largest absolute Gasteiger partial charge is 0.390 e. The summed E-state index contributed by atoms with van der Waals surface area (Å²) >= 11 is 0. The summed E-state index contributed by atoms with van der Waals surface area (Å²) < 4.78 is 0. The monoisotopic (exact) mass is 128 g/mol. The average Bonchev–Trinajstić information content (AvgIpc) is 2.13. The molecule has 0 bridgehead atoms. The fraction of sp³-hybridized carbons (Fsp3) is 1.00. The van der Waals surface area contributed by atoms with Gasteiger partial charge in [-0.25, -0.2) is 0 Å². The topological polar surface area (TPSA) is 20.2 Å². The summed E-state index contributed by atoms with van der Waals surface area (Å²) in [6, 6.07) is 0. The molecule has 9 heavy (non-hydrogen) atoms. The molecule has 1 aliphatic rings. The molecule has 1 heteroatoms. The van der Waals surface area contributed by atoms with Crippen molar-refractivity contribution < 1.29 is 5.11 Å². The van der Waals surface area contributed by atoms with Gasteiger partial charge in [-0.3, -0.25) is 0 Å². The van der Waals surface area contributed by atoms with E-state index in [2.05, 4.69) is 6.92 Å². The van der Waals surface area contributed by atoms with Crippen molar-refractivity contribution in [3.8, 4) is 0 Å². The second-order valence-electron chi connectivity index (χ2n) is 3.99. The standard InChI is InChI=1S/C8H16O/c1-6-4-7(6)5-8(2,3)9/h6-7,9H,4-5H2,1-3H3. The van der Waals surface area contributed by atoms with Crippen LogP contribution in [-0.2, 0) is 0 Å². The Morgan fingerprint density at radius 1 is 1.56 bits per heavy atom. The summed E-state index contributed by atoms with van der Waals surface area (Å²) in [4.78, 5) is 0. The van der Waals surface area contributed by atoms with Gasteiger partial charge in [0.2, 0.25) is 0 Å². The van der Waals surface area contributed by atoms with Gasteiger partial charge in [-0.1, -0.05) is 6.92 Å². The molecular weight excluding hydrogens is 112 g/mol. The fourth-order valence-electron chi connectivity index (χ4n) is 1.33. The molecule has 0 radical (unpaired) electrons. The van der Waals surface area contributed by atoms with Gasteiger partial charge >= 0.3 is 0 Å². The number of hydrogen-bond acceptors (Lipinski definition) is 1. The predicted molar refractivity (Wildman–Crippen MR) is 38.2 cm³/mol. The first-order chi connectivity index (χ1) is 3.99. The lowest BCUT2D eigenvalue weighted by Gasteiger charge is -2.15. The highest BCUT2D eigenvalue weighted by Gasteiger charge is 2.36. The van der Waals surface area contributed by atoms with E-state index >= 15 is 0 Å². The van der Waals surface area contributed by atoms with Crippen molar-refractivity contribution >= 4 is 0 Å². The molecule has 2 unspecified atom stereocenters. The van der Waals surface area contributed by atoms with Crippen LogP contribution in [0.15, 0.2) is 0 Å². The molecule has 1 rings (SSSR count). The third-order valence-electron chi connectivity index (χ3n) is 2.04. The highest BCUT2D eigenvalue weighted by atomic mass is 16.3. The van der Waals surface area contributed by atoms with Crippen LogP contribution >= 0.6 is 0 Å². The zero-order valence-electron chi connectivity index (χ0n) is 6.52. The Labute approximate surface area is 57.1 Å². The summed E-state index contributed by atoms with van der Waals surface area (Å²) in [5, 5.41) is 9.35. The molecule has 0 amide bonds. The Hall–Kier alpha value is -0.0400. The fourth-order valence-corrected chi connectivity index (χ4v) is 1.33. The van der Waals surface area contributed by atoms with Crippen LogP contribution in [0.5, 0.6) is 0 Å². The van der Waals surface area contributed by atoms with Gasteiger partial charge in [0.05, 0.1) is 5.60 Å². The third-order valence-corrected chi connectivity index (χ3v) is 2.04. The molecule has 0 saturated heterocycles. The maximum Gasteiger partial charge on any atom is 0.0594 e. The first-order valence-corrected chi connectivity index (χ1v) is 3.71. The van der Waals surface area contributed by atoms with E-state index in [1.165, 1.54) is 6.42 Å². The van der Waals surface area contributed by atoms with Gasteiger partial charge in [-0.05, 0) is 38.5 Å². The molecule has 0 heterocycles. The van der Waals surface area contributed by atoms with Crippen LogP contribution in [0.2, 0.25) is 0 Å². The van der Waals surface area contributed by atoms with Crippen LogP contribution in [0.25, 0.3) is 0 Å². The number of aliphatic hydroxyl groups is 1. The summed E-state index contributed by atoms with van der Waals surface area (Å²) in [6.45, 7) is 6.02. The van der Waals surface area contributed by atoms with Gasteiger partial charge in [-0.2, -0.15) is 0 Å². The third kappa shape index (κ3) is 2.35. The molecule has 2 atom stereocenters. The van der Waals surface area contributed by atoms with E-state index in [1.807, 2.05) is 13.8 Å². The molecule has 1 aliphatic carbocycles. The minimum Gasteiger partial charge on any atom is -0.390 e. The van der Waals surface area contributed by atoms with E-state index in [1.54, 1.807) is 0 Å². The van der Waals surface area contributed by atoms with Gasteiger partial charge in [0.25, 0.3) is 0 Å². The summed E-state index contributed by atoms with van der Waals surface area (Å²) in [5.41, 5.74) is -0.435. The van der Waals surface area contributed by atoms with Crippen LogP contribution in [0.3, 0.4) is 0 Å². The molecule has 1 fully saturated rings. The van der Waals surface area contributed by atoms with Crippen molar-refractivity contribution in [1.29, 1.82) is 0 Å². The van der Waals surface area contributed by atoms with Crippen LogP contribution in [-0.4, -0.2) is 10.7 Å². The number of hydrogen-bond donors (Lipinski definition) is 1. The lowest BCUT2D eigenvalue weighted by molar-refractivity contribution is 0.0636. The smallest absolute Gasteiger partial charge is 0.0594 e. The van der Waals surface area contributed by atoms with Crippen molar-refractivity contribution in [3.05, 3.63) is 0 Å². The van der Waals surface area contributed by atoms with Crippen molar-refractivity contribution in [2.75, 3.05) is 0 Å². The van der Waals surface area contributed by atoms with E-state index in [9.17, 15) is 5.11 Å². The average molecular weight is 128 g/mol. The van der Waals surface area contributed by atoms with Crippen LogP contribution in [0.1, 0.15) is 33.6 Å². The van der Waals surface area contributed by atoms with Crippen LogP contribution < -0.4 is 0 Å². The van der Waals surface area contributed by atoms with Gasteiger partial charge in [0.15, 0.2) is 0 Å². The van der Waals surface area contributed by atoms with E-state index in [4.69, 9.17) is 0 Å². The summed E-state index contributed by atoms with van der Waals surface area (Å²) in [5.74, 6) is 1.68. The Morgan fingerprint density at radius 2 is 2.00 bits per heavy atom. The van der Waals surface area contributed by atoms with E-state index < -0.39 is 5.60 Å². The Kier molecular flexibility index (Phi) is 1.55. The van der Waals surface area contributed by atoms with Crippen molar-refractivity contribution in [1.82, 2.24) is 0 Å². The molecule has 1 saturated carbocycles. The second kappa shape index (κ2) is 1.98. The maximum absolute atomic E-state index is 9.35. The Balaban J connectivity index is 2.19. The molecule has 1 nitrogen and oxygen atoms in total. The normalized spacial score (nSPS) is 34.7. The SMILES string of the molecule is CC1CC1CC(C)(C)O. The van der Waals surface area contributed by atoms with Crippen LogP contribution in [0.4, 0.5) is 0 Å². The zero-order valence-corrected chi connectivity index (χ0v) is 6.52. The number of rotatable bonds is 2. The van der Waals surface area contributed by atoms with Crippen molar-refractivity contribution in [3.63, 3.8) is 0 Å². The summed E-state index contributed by atoms with van der Waals surface area (Å²) in [7, 11) is 0. The summed E-state index contributed by atoms with van der Waals surface area (Å²) in [6.07, 6.45) is 2.30. The lowest BCUT2D eigenvalue weighted by Crippen LogP contribution is -2.19. The highest BCUT2D eigenvalue weighted by molar-refractivity contribution is 4.86. The minimum atomic E-state index is -0.435. The molecule has 1 N–H and O–H groups in total. The molecule has 0 aromatic rings. The molecule has 0 aromatic carbocycles. The lowest BCUT2D eigenvalue weighted by atomic mass is 10.0. The van der Waals surface area contributed by atoms with E-state index in [0.717, 1.165) is 18.3 Å². The van der Waals surface area contributed by atoms with Gasteiger partial charge < -0.3 is 5.11 Å². The molecular formula is C8H16O. The zero-order chi connectivity index (χ0) is 7.07. The van der Waals surface area contributed by atoms with E-state index in [0.29, 0.717) is 0 Å². The van der Waals surface area contributed by atoms with E-state index in [-0.39, 0.29) is 0 Å². The van der Waals surface area contributed by atoms with Gasteiger partial charge in [0.1, 0.15) is 0 Å². The first kappa shape index (κ1) is 7.07. The molecule has 54 valence electrons. The van der Waals surface area contributed by atoms with Gasteiger partial charge in [-0.15, -0.1) is 0 Å². The van der Waals surface area contributed by atoms with Crippen molar-refractivity contribution in [2.24, 2.45) is 11.8 Å². The Bertz CT molecular complexity index is 102. The molecule has 0 aliphatic heterocycles. The highest BCUT2D eigenvalue weighted by Crippen LogP contribution is 2.43. The molecule has 0 aromatic heterocycles. The quantitative estimate of drug-likeness (QED) is 0.601. The van der Waals surface area contributed by atoms with Crippen LogP contribution in [0, 0.1) is 11.8 Å². The van der Waals surface area contributed by atoms with Crippen molar-refractivity contribution in [2.45, 2.75) is 39.2 Å². The second-order valence-corrected chi connectivity index (χ2v) is 3.99. The Morgan fingerprint density at radius 3 is 2.11 bits per heavy atom.